The monoisotopic (exact) mass is 353 g/mol. The maximum atomic E-state index is 11.2. The van der Waals surface area contributed by atoms with E-state index in [0.717, 1.165) is 9.37 Å². The van der Waals surface area contributed by atoms with E-state index in [0.29, 0.717) is 10.5 Å². The molecule has 0 aliphatic heterocycles. The number of nitro groups is 1. The second-order valence-corrected chi connectivity index (χ2v) is 6.13. The van der Waals surface area contributed by atoms with Gasteiger partial charge in [0.1, 0.15) is 0 Å². The van der Waals surface area contributed by atoms with Gasteiger partial charge in [0.2, 0.25) is 0 Å². The maximum Gasteiger partial charge on any atom is 0.283 e. The Kier molecular flexibility index (Phi) is 4.80. The van der Waals surface area contributed by atoms with Crippen LogP contribution in [0, 0.1) is 10.1 Å². The first-order valence-electron chi connectivity index (χ1n) is 5.88. The summed E-state index contributed by atoms with van der Waals surface area (Å²) in [6.45, 7) is 1.58. The Balaban J connectivity index is 2.41. The highest BCUT2D eigenvalue weighted by Gasteiger charge is 2.17. The molecule has 0 aliphatic carbocycles. The van der Waals surface area contributed by atoms with Crippen molar-refractivity contribution in [3.05, 3.63) is 62.6 Å². The van der Waals surface area contributed by atoms with Crippen LogP contribution in [-0.2, 0) is 0 Å². The van der Waals surface area contributed by atoms with Crippen LogP contribution in [0.25, 0.3) is 0 Å². The lowest BCUT2D eigenvalue weighted by atomic mass is 10.1. The average molecular weight is 354 g/mol. The fourth-order valence-corrected chi connectivity index (χ4v) is 3.12. The van der Waals surface area contributed by atoms with Crippen LogP contribution < -0.4 is 0 Å². The van der Waals surface area contributed by atoms with E-state index < -0.39 is 11.0 Å². The van der Waals surface area contributed by atoms with E-state index in [1.54, 1.807) is 19.1 Å². The molecule has 0 saturated carbocycles. The van der Waals surface area contributed by atoms with Gasteiger partial charge in [-0.1, -0.05) is 30.0 Å². The first-order valence-corrected chi connectivity index (χ1v) is 7.49. The number of nitro benzene ring substituents is 1. The zero-order valence-electron chi connectivity index (χ0n) is 10.6. The largest absolute Gasteiger partial charge is 0.389 e. The highest BCUT2D eigenvalue weighted by atomic mass is 79.9. The number of hydrogen-bond donors (Lipinski definition) is 1. The van der Waals surface area contributed by atoms with E-state index in [-0.39, 0.29) is 5.69 Å². The molecule has 1 atom stereocenters. The van der Waals surface area contributed by atoms with E-state index in [2.05, 4.69) is 15.9 Å². The van der Waals surface area contributed by atoms with Crippen molar-refractivity contribution in [2.24, 2.45) is 0 Å². The molecular formula is C14H12BrNO3S. The van der Waals surface area contributed by atoms with Gasteiger partial charge in [-0.05, 0) is 46.6 Å². The van der Waals surface area contributed by atoms with Crippen molar-refractivity contribution < 1.29 is 10.0 Å². The van der Waals surface area contributed by atoms with E-state index in [1.807, 2.05) is 24.3 Å². The molecule has 0 saturated heterocycles. The first-order chi connectivity index (χ1) is 9.49. The summed E-state index contributed by atoms with van der Waals surface area (Å²) in [6, 6.07) is 12.3. The third-order valence-electron chi connectivity index (χ3n) is 2.72. The van der Waals surface area contributed by atoms with Crippen LogP contribution in [0.4, 0.5) is 5.69 Å². The molecule has 2 aromatic rings. The molecule has 104 valence electrons. The number of benzene rings is 2. The highest BCUT2D eigenvalue weighted by Crippen LogP contribution is 2.39. The Morgan fingerprint density at radius 2 is 1.95 bits per heavy atom. The lowest BCUT2D eigenvalue weighted by molar-refractivity contribution is -0.387. The summed E-state index contributed by atoms with van der Waals surface area (Å²) in [5, 5.41) is 20.7. The maximum absolute atomic E-state index is 11.2. The number of rotatable bonds is 4. The predicted molar refractivity (Wildman–Crippen MR) is 82.0 cm³/mol. The Hall–Kier alpha value is -1.37. The van der Waals surface area contributed by atoms with Crippen LogP contribution in [0.3, 0.4) is 0 Å². The van der Waals surface area contributed by atoms with Crippen LogP contribution in [0.15, 0.2) is 56.7 Å². The third-order valence-corrected chi connectivity index (χ3v) is 4.81. The molecule has 2 rings (SSSR count). The molecular weight excluding hydrogens is 342 g/mol. The molecule has 0 amide bonds. The fourth-order valence-electron chi connectivity index (χ4n) is 1.67. The molecule has 0 aromatic heterocycles. The van der Waals surface area contributed by atoms with Gasteiger partial charge in [-0.2, -0.15) is 0 Å². The fraction of sp³-hybridized carbons (Fsp3) is 0.143. The minimum absolute atomic E-state index is 0.00385. The van der Waals surface area contributed by atoms with Gasteiger partial charge in [0.05, 0.1) is 15.9 Å². The SMILES string of the molecule is C[C@@H](O)c1ccc(Sc2ccccc2Br)c([N+](=O)[O-])c1. The van der Waals surface area contributed by atoms with Gasteiger partial charge in [-0.25, -0.2) is 0 Å². The van der Waals surface area contributed by atoms with E-state index in [1.165, 1.54) is 17.8 Å². The molecule has 6 heteroatoms. The summed E-state index contributed by atoms with van der Waals surface area (Å²) in [4.78, 5) is 12.2. The lowest BCUT2D eigenvalue weighted by Crippen LogP contribution is -1.96. The predicted octanol–water partition coefficient (Wildman–Crippen LogP) is 4.56. The molecule has 0 unspecified atom stereocenters. The highest BCUT2D eigenvalue weighted by molar-refractivity contribution is 9.10. The van der Waals surface area contributed by atoms with Crippen molar-refractivity contribution in [2.45, 2.75) is 22.8 Å². The van der Waals surface area contributed by atoms with Crippen molar-refractivity contribution in [1.29, 1.82) is 0 Å². The molecule has 1 N–H and O–H groups in total. The Morgan fingerprint density at radius 1 is 1.25 bits per heavy atom. The zero-order valence-corrected chi connectivity index (χ0v) is 13.0. The van der Waals surface area contributed by atoms with Gasteiger partial charge in [0.25, 0.3) is 5.69 Å². The standard InChI is InChI=1S/C14H12BrNO3S/c1-9(17)10-6-7-14(12(8-10)16(18)19)20-13-5-3-2-4-11(13)15/h2-9,17H,1H3/t9-/m1/s1. The third kappa shape index (κ3) is 3.39. The minimum atomic E-state index is -0.726. The van der Waals surface area contributed by atoms with Crippen molar-refractivity contribution in [1.82, 2.24) is 0 Å². The second kappa shape index (κ2) is 6.39. The average Bonchev–Trinajstić information content (AvgIpc) is 2.41. The molecule has 2 aromatic carbocycles. The summed E-state index contributed by atoms with van der Waals surface area (Å²) in [6.07, 6.45) is -0.726. The second-order valence-electron chi connectivity index (χ2n) is 4.19. The summed E-state index contributed by atoms with van der Waals surface area (Å²) in [5.74, 6) is 0. The quantitative estimate of drug-likeness (QED) is 0.646. The Labute approximate surface area is 129 Å². The number of halogens is 1. The molecule has 20 heavy (non-hydrogen) atoms. The summed E-state index contributed by atoms with van der Waals surface area (Å²) >= 11 is 4.74. The lowest BCUT2D eigenvalue weighted by Gasteiger charge is -2.08. The van der Waals surface area contributed by atoms with E-state index in [4.69, 9.17) is 0 Å². The zero-order chi connectivity index (χ0) is 14.7. The van der Waals surface area contributed by atoms with E-state index in [9.17, 15) is 15.2 Å². The molecule has 0 spiro atoms. The van der Waals surface area contributed by atoms with E-state index >= 15 is 0 Å². The number of nitrogens with zero attached hydrogens (tertiary/aromatic N) is 1. The topological polar surface area (TPSA) is 63.4 Å². The number of hydrogen-bond acceptors (Lipinski definition) is 4. The van der Waals surface area contributed by atoms with Crippen molar-refractivity contribution >= 4 is 33.4 Å². The van der Waals surface area contributed by atoms with Crippen molar-refractivity contribution in [3.63, 3.8) is 0 Å². The van der Waals surface area contributed by atoms with Gasteiger partial charge >= 0.3 is 0 Å². The normalized spacial score (nSPS) is 12.2. The first kappa shape index (κ1) is 15.0. The van der Waals surface area contributed by atoms with Crippen molar-refractivity contribution in [3.8, 4) is 0 Å². The molecule has 0 heterocycles. The number of aliphatic hydroxyl groups excluding tert-OH is 1. The number of aliphatic hydroxyl groups is 1. The minimum Gasteiger partial charge on any atom is -0.389 e. The summed E-state index contributed by atoms with van der Waals surface area (Å²) < 4.78 is 0.888. The van der Waals surface area contributed by atoms with Crippen molar-refractivity contribution in [2.75, 3.05) is 0 Å². The molecule has 0 fully saturated rings. The molecule has 0 radical (unpaired) electrons. The molecule has 0 bridgehead atoms. The Morgan fingerprint density at radius 3 is 2.55 bits per heavy atom. The van der Waals surface area contributed by atoms with Crippen LogP contribution in [0.1, 0.15) is 18.6 Å². The molecule has 4 nitrogen and oxygen atoms in total. The molecule has 0 aliphatic rings. The van der Waals surface area contributed by atoms with Crippen LogP contribution >= 0.6 is 27.7 Å². The van der Waals surface area contributed by atoms with Gasteiger partial charge in [-0.15, -0.1) is 0 Å². The van der Waals surface area contributed by atoms with Gasteiger partial charge in [0, 0.05) is 15.4 Å². The van der Waals surface area contributed by atoms with Gasteiger partial charge in [0.15, 0.2) is 0 Å². The smallest absolute Gasteiger partial charge is 0.283 e. The van der Waals surface area contributed by atoms with Crippen LogP contribution in [0.5, 0.6) is 0 Å². The van der Waals surface area contributed by atoms with Crippen LogP contribution in [0.2, 0.25) is 0 Å². The van der Waals surface area contributed by atoms with Gasteiger partial charge < -0.3 is 5.11 Å². The van der Waals surface area contributed by atoms with Gasteiger partial charge in [-0.3, -0.25) is 10.1 Å². The Bertz CT molecular complexity index is 646. The van der Waals surface area contributed by atoms with Crippen LogP contribution in [-0.4, -0.2) is 10.0 Å². The summed E-state index contributed by atoms with van der Waals surface area (Å²) in [5.41, 5.74) is 0.539. The summed E-state index contributed by atoms with van der Waals surface area (Å²) in [7, 11) is 0.